The van der Waals surface area contributed by atoms with Gasteiger partial charge in [0.1, 0.15) is 17.4 Å². The maximum atomic E-state index is 11.6. The molecule has 0 bridgehead atoms. The van der Waals surface area contributed by atoms with E-state index in [1.807, 2.05) is 0 Å². The van der Waals surface area contributed by atoms with E-state index < -0.39 is 5.97 Å². The highest BCUT2D eigenvalue weighted by molar-refractivity contribution is 6.19. The number of rotatable bonds is 3. The van der Waals surface area contributed by atoms with Crippen LogP contribution in [0.15, 0.2) is 11.3 Å². The van der Waals surface area contributed by atoms with Crippen molar-refractivity contribution < 1.29 is 19.4 Å². The van der Waals surface area contributed by atoms with Gasteiger partial charge in [0.15, 0.2) is 5.78 Å². The van der Waals surface area contributed by atoms with Crippen molar-refractivity contribution in [2.75, 3.05) is 0 Å². The summed E-state index contributed by atoms with van der Waals surface area (Å²) in [6.45, 7) is 1.67. The predicted molar refractivity (Wildman–Crippen MR) is 56.8 cm³/mol. The lowest BCUT2D eigenvalue weighted by Gasteiger charge is -2.20. The molecule has 0 amide bonds. The first kappa shape index (κ1) is 11.2. The number of aliphatic hydroxyl groups excluding tert-OH is 1. The van der Waals surface area contributed by atoms with Gasteiger partial charge in [-0.1, -0.05) is 12.8 Å². The number of hydrogen-bond donors (Lipinski definition) is 1. The largest absolute Gasteiger partial charge is 0.511 e. The molecule has 1 heterocycles. The minimum Gasteiger partial charge on any atom is -0.511 e. The molecular formula is C12H16O4. The first-order chi connectivity index (χ1) is 7.58. The molecule has 1 saturated carbocycles. The Kier molecular flexibility index (Phi) is 2.99. The lowest BCUT2D eigenvalue weighted by atomic mass is 9.99. The van der Waals surface area contributed by atoms with Crippen molar-refractivity contribution in [2.45, 2.75) is 45.1 Å². The molecule has 1 saturated heterocycles. The van der Waals surface area contributed by atoms with Crippen molar-refractivity contribution in [2.24, 2.45) is 5.92 Å². The summed E-state index contributed by atoms with van der Waals surface area (Å²) in [5, 5.41) is 9.74. The van der Waals surface area contributed by atoms with E-state index >= 15 is 0 Å². The minimum atomic E-state index is -0.669. The second-order valence-corrected chi connectivity index (χ2v) is 4.65. The molecule has 0 aromatic heterocycles. The fourth-order valence-electron chi connectivity index (χ4n) is 1.91. The molecule has 2 aliphatic rings. The molecule has 0 radical (unpaired) electrons. The van der Waals surface area contributed by atoms with Crippen LogP contribution < -0.4 is 0 Å². The minimum absolute atomic E-state index is 0.0891. The fraction of sp³-hybridized carbons (Fsp3) is 0.667. The average Bonchev–Trinajstić information content (AvgIpc) is 2.96. The molecule has 2 rings (SSSR count). The summed E-state index contributed by atoms with van der Waals surface area (Å²) < 4.78 is 4.94. The number of ketones is 1. The molecule has 1 atom stereocenters. The van der Waals surface area contributed by atoms with Gasteiger partial charge >= 0.3 is 5.97 Å². The van der Waals surface area contributed by atoms with Gasteiger partial charge in [-0.15, -0.1) is 0 Å². The van der Waals surface area contributed by atoms with Crippen LogP contribution in [0.25, 0.3) is 0 Å². The molecule has 88 valence electrons. The van der Waals surface area contributed by atoms with Crippen LogP contribution in [0.2, 0.25) is 0 Å². The number of esters is 1. The third kappa shape index (κ3) is 2.43. The number of carbonyl (C=O) groups is 2. The van der Waals surface area contributed by atoms with Gasteiger partial charge in [-0.2, -0.15) is 0 Å². The molecular weight excluding hydrogens is 208 g/mol. The number of allylic oxidation sites excluding steroid dienone is 1. The first-order valence-electron chi connectivity index (χ1n) is 5.74. The van der Waals surface area contributed by atoms with E-state index in [-0.39, 0.29) is 29.6 Å². The van der Waals surface area contributed by atoms with Crippen molar-refractivity contribution in [3.8, 4) is 0 Å². The molecule has 4 nitrogen and oxygen atoms in total. The topological polar surface area (TPSA) is 63.6 Å². The van der Waals surface area contributed by atoms with Crippen LogP contribution in [0, 0.1) is 5.92 Å². The van der Waals surface area contributed by atoms with E-state index in [2.05, 4.69) is 0 Å². The van der Waals surface area contributed by atoms with E-state index in [0.29, 0.717) is 12.3 Å². The van der Waals surface area contributed by atoms with Gasteiger partial charge in [0, 0.05) is 12.8 Å². The predicted octanol–water partition coefficient (Wildman–Crippen LogP) is 1.89. The summed E-state index contributed by atoms with van der Waals surface area (Å²) in [6.07, 6.45) is 3.45. The zero-order valence-corrected chi connectivity index (χ0v) is 9.36. The van der Waals surface area contributed by atoms with Gasteiger partial charge < -0.3 is 9.84 Å². The van der Waals surface area contributed by atoms with E-state index in [9.17, 15) is 14.7 Å². The van der Waals surface area contributed by atoms with Crippen LogP contribution in [0.4, 0.5) is 0 Å². The van der Waals surface area contributed by atoms with Crippen LogP contribution >= 0.6 is 0 Å². The highest BCUT2D eigenvalue weighted by Gasteiger charge is 2.33. The Morgan fingerprint density at radius 1 is 1.44 bits per heavy atom. The third-order valence-corrected chi connectivity index (χ3v) is 3.04. The van der Waals surface area contributed by atoms with Crippen molar-refractivity contribution in [1.82, 2.24) is 0 Å². The highest BCUT2D eigenvalue weighted by Crippen LogP contribution is 2.35. The van der Waals surface area contributed by atoms with Gasteiger partial charge in [-0.3, -0.25) is 4.79 Å². The Morgan fingerprint density at radius 3 is 2.69 bits per heavy atom. The van der Waals surface area contributed by atoms with Crippen LogP contribution in [0.3, 0.4) is 0 Å². The molecule has 16 heavy (non-hydrogen) atoms. The standard InChI is InChI=1S/C12H16O4/c1-7-6-10(14)11(12(15)16-7)9(13)5-4-8-2-3-8/h7-8,13H,2-6H2,1H3/b11-9+/t7-/m1/s1. The van der Waals surface area contributed by atoms with Crippen molar-refractivity contribution >= 4 is 11.8 Å². The number of ether oxygens (including phenoxy) is 1. The summed E-state index contributed by atoms with van der Waals surface area (Å²) in [4.78, 5) is 23.1. The average molecular weight is 224 g/mol. The SMILES string of the molecule is C[C@@H]1CC(=O)/C(=C(\O)CCC2CC2)C(=O)O1. The third-order valence-electron chi connectivity index (χ3n) is 3.04. The van der Waals surface area contributed by atoms with Gasteiger partial charge in [0.05, 0.1) is 0 Å². The molecule has 1 aliphatic heterocycles. The second kappa shape index (κ2) is 4.28. The molecule has 0 aromatic rings. The quantitative estimate of drug-likeness (QED) is 0.344. The molecule has 4 heteroatoms. The van der Waals surface area contributed by atoms with E-state index in [4.69, 9.17) is 4.74 Å². The van der Waals surface area contributed by atoms with Crippen LogP contribution in [0.5, 0.6) is 0 Å². The Balaban J connectivity index is 2.06. The van der Waals surface area contributed by atoms with Gasteiger partial charge in [0.25, 0.3) is 0 Å². The number of Topliss-reactive ketones (excluding diaryl/α,β-unsaturated/α-hetero) is 1. The van der Waals surface area contributed by atoms with E-state index in [1.165, 1.54) is 12.8 Å². The van der Waals surface area contributed by atoms with Gasteiger partial charge in [-0.25, -0.2) is 4.79 Å². The summed E-state index contributed by atoms with van der Waals surface area (Å²) in [5.74, 6) is -0.390. The first-order valence-corrected chi connectivity index (χ1v) is 5.74. The molecule has 0 aromatic carbocycles. The van der Waals surface area contributed by atoms with Gasteiger partial charge in [-0.05, 0) is 19.3 Å². The fourth-order valence-corrected chi connectivity index (χ4v) is 1.91. The lowest BCUT2D eigenvalue weighted by Crippen LogP contribution is -2.31. The van der Waals surface area contributed by atoms with E-state index in [1.54, 1.807) is 6.92 Å². The smallest absolute Gasteiger partial charge is 0.345 e. The zero-order chi connectivity index (χ0) is 11.7. The molecule has 2 fully saturated rings. The van der Waals surface area contributed by atoms with E-state index in [0.717, 1.165) is 6.42 Å². The second-order valence-electron chi connectivity index (χ2n) is 4.65. The molecule has 1 N–H and O–H groups in total. The summed E-state index contributed by atoms with van der Waals surface area (Å²) in [6, 6.07) is 0. The summed E-state index contributed by atoms with van der Waals surface area (Å²) in [5.41, 5.74) is -0.126. The maximum Gasteiger partial charge on any atom is 0.345 e. The molecule has 0 spiro atoms. The molecule has 1 aliphatic carbocycles. The Hall–Kier alpha value is -1.32. The number of hydrogen-bond acceptors (Lipinski definition) is 4. The number of carbonyl (C=O) groups excluding carboxylic acids is 2. The Labute approximate surface area is 94.3 Å². The zero-order valence-electron chi connectivity index (χ0n) is 9.36. The van der Waals surface area contributed by atoms with Crippen LogP contribution in [-0.2, 0) is 14.3 Å². The number of aliphatic hydroxyl groups is 1. The van der Waals surface area contributed by atoms with Crippen molar-refractivity contribution in [1.29, 1.82) is 0 Å². The Morgan fingerprint density at radius 2 is 2.12 bits per heavy atom. The lowest BCUT2D eigenvalue weighted by molar-refractivity contribution is -0.150. The van der Waals surface area contributed by atoms with Crippen LogP contribution in [-0.4, -0.2) is 23.0 Å². The monoisotopic (exact) mass is 224 g/mol. The molecule has 0 unspecified atom stereocenters. The highest BCUT2D eigenvalue weighted by atomic mass is 16.5. The maximum absolute atomic E-state index is 11.6. The van der Waals surface area contributed by atoms with Crippen molar-refractivity contribution in [3.05, 3.63) is 11.3 Å². The van der Waals surface area contributed by atoms with Crippen molar-refractivity contribution in [3.63, 3.8) is 0 Å². The number of cyclic esters (lactones) is 1. The summed E-state index contributed by atoms with van der Waals surface area (Å²) in [7, 11) is 0. The van der Waals surface area contributed by atoms with Gasteiger partial charge in [0.2, 0.25) is 0 Å². The summed E-state index contributed by atoms with van der Waals surface area (Å²) >= 11 is 0. The normalized spacial score (nSPS) is 28.9. The Bertz CT molecular complexity index is 332. The van der Waals surface area contributed by atoms with Crippen LogP contribution in [0.1, 0.15) is 39.0 Å².